The predicted molar refractivity (Wildman–Crippen MR) is 127 cm³/mol. The van der Waals surface area contributed by atoms with Gasteiger partial charge in [-0.2, -0.15) is 0 Å². The molecule has 4 aromatic rings. The Morgan fingerprint density at radius 1 is 0.968 bits per heavy atom. The van der Waals surface area contributed by atoms with Gasteiger partial charge < -0.3 is 10.1 Å². The number of carbonyl (C=O) groups excluding carboxylic acids is 1. The van der Waals surface area contributed by atoms with E-state index in [0.717, 1.165) is 39.9 Å². The number of nitrogens with zero attached hydrogens (tertiary/aromatic N) is 1. The molecule has 1 aliphatic carbocycles. The third-order valence-electron chi connectivity index (χ3n) is 5.99. The minimum absolute atomic E-state index is 0.0197. The van der Waals surface area contributed by atoms with E-state index in [1.165, 1.54) is 28.0 Å². The van der Waals surface area contributed by atoms with Crippen molar-refractivity contribution in [1.82, 2.24) is 4.98 Å². The van der Waals surface area contributed by atoms with Crippen LogP contribution in [0.4, 0.5) is 5.13 Å². The van der Waals surface area contributed by atoms with Crippen LogP contribution in [0.15, 0.2) is 60.7 Å². The predicted octanol–water partition coefficient (Wildman–Crippen LogP) is 6.26. The SMILES string of the molecule is COc1ccc(C2(C(=O)Nc3nc4ccc(-c5cc(C)cc(C)c5)cc4s3)CC2)cc1. The molecule has 5 rings (SSSR count). The highest BCUT2D eigenvalue weighted by molar-refractivity contribution is 7.22. The van der Waals surface area contributed by atoms with Crippen LogP contribution in [0.25, 0.3) is 21.3 Å². The summed E-state index contributed by atoms with van der Waals surface area (Å²) in [7, 11) is 1.65. The molecule has 156 valence electrons. The second-order valence-corrected chi connectivity index (χ2v) is 9.37. The van der Waals surface area contributed by atoms with Crippen LogP contribution in [0.5, 0.6) is 5.75 Å². The van der Waals surface area contributed by atoms with E-state index < -0.39 is 5.41 Å². The second-order valence-electron chi connectivity index (χ2n) is 8.34. The number of aryl methyl sites for hydroxylation is 2. The van der Waals surface area contributed by atoms with Crippen molar-refractivity contribution in [1.29, 1.82) is 0 Å². The highest BCUT2D eigenvalue weighted by atomic mass is 32.1. The highest BCUT2D eigenvalue weighted by Gasteiger charge is 2.51. The lowest BCUT2D eigenvalue weighted by Gasteiger charge is -2.15. The first-order valence-corrected chi connectivity index (χ1v) is 11.2. The number of hydrogen-bond donors (Lipinski definition) is 1. The number of benzene rings is 3. The third kappa shape index (κ3) is 3.70. The Hall–Kier alpha value is -3.18. The molecule has 1 aromatic heterocycles. The van der Waals surface area contributed by atoms with E-state index in [9.17, 15) is 4.79 Å². The first kappa shape index (κ1) is 19.8. The summed E-state index contributed by atoms with van der Waals surface area (Å²) in [5.41, 5.74) is 6.36. The van der Waals surface area contributed by atoms with Gasteiger partial charge in [0.25, 0.3) is 0 Å². The lowest BCUT2D eigenvalue weighted by Crippen LogP contribution is -2.27. The minimum Gasteiger partial charge on any atom is -0.497 e. The van der Waals surface area contributed by atoms with Crippen LogP contribution in [-0.2, 0) is 10.2 Å². The van der Waals surface area contributed by atoms with Crippen LogP contribution in [0.3, 0.4) is 0 Å². The van der Waals surface area contributed by atoms with Crippen LogP contribution < -0.4 is 10.1 Å². The van der Waals surface area contributed by atoms with E-state index in [-0.39, 0.29) is 5.91 Å². The number of nitrogens with one attached hydrogen (secondary N) is 1. The molecule has 1 aliphatic rings. The van der Waals surface area contributed by atoms with Gasteiger partial charge >= 0.3 is 0 Å². The largest absolute Gasteiger partial charge is 0.497 e. The monoisotopic (exact) mass is 428 g/mol. The zero-order valence-corrected chi connectivity index (χ0v) is 18.7. The molecule has 1 amide bonds. The molecule has 3 aromatic carbocycles. The van der Waals surface area contributed by atoms with Gasteiger partial charge in [-0.15, -0.1) is 0 Å². The van der Waals surface area contributed by atoms with Crippen LogP contribution in [0.1, 0.15) is 29.5 Å². The van der Waals surface area contributed by atoms with E-state index in [1.54, 1.807) is 7.11 Å². The van der Waals surface area contributed by atoms with Crippen molar-refractivity contribution in [2.45, 2.75) is 32.1 Å². The van der Waals surface area contributed by atoms with Crippen molar-refractivity contribution < 1.29 is 9.53 Å². The van der Waals surface area contributed by atoms with Gasteiger partial charge in [-0.25, -0.2) is 4.98 Å². The molecular formula is C26H24N2O2S. The van der Waals surface area contributed by atoms with Gasteiger partial charge in [0.05, 0.1) is 22.7 Å². The number of hydrogen-bond acceptors (Lipinski definition) is 4. The van der Waals surface area contributed by atoms with Crippen LogP contribution >= 0.6 is 11.3 Å². The summed E-state index contributed by atoms with van der Waals surface area (Å²) in [5.74, 6) is 0.817. The first-order chi connectivity index (χ1) is 15.0. The summed E-state index contributed by atoms with van der Waals surface area (Å²) < 4.78 is 6.31. The molecule has 1 N–H and O–H groups in total. The molecular weight excluding hydrogens is 404 g/mol. The van der Waals surface area contributed by atoms with E-state index in [1.807, 2.05) is 30.3 Å². The Bertz CT molecular complexity index is 1270. The van der Waals surface area contributed by atoms with Gasteiger partial charge in [0, 0.05) is 0 Å². The number of anilines is 1. The molecule has 0 saturated heterocycles. The Labute approximate surface area is 185 Å². The number of rotatable bonds is 5. The van der Waals surface area contributed by atoms with Crippen molar-refractivity contribution in [2.75, 3.05) is 12.4 Å². The lowest BCUT2D eigenvalue weighted by molar-refractivity contribution is -0.118. The van der Waals surface area contributed by atoms with Gasteiger partial charge in [-0.1, -0.05) is 58.9 Å². The van der Waals surface area contributed by atoms with Gasteiger partial charge in [0.1, 0.15) is 5.75 Å². The van der Waals surface area contributed by atoms with E-state index in [2.05, 4.69) is 54.5 Å². The first-order valence-electron chi connectivity index (χ1n) is 10.4. The van der Waals surface area contributed by atoms with E-state index >= 15 is 0 Å². The lowest BCUT2D eigenvalue weighted by atomic mass is 9.95. The number of aromatic nitrogens is 1. The number of fused-ring (bicyclic) bond motifs is 1. The molecule has 1 fully saturated rings. The number of thiazole rings is 1. The Morgan fingerprint density at radius 2 is 1.68 bits per heavy atom. The van der Waals surface area contributed by atoms with Crippen LogP contribution in [0, 0.1) is 13.8 Å². The normalized spacial score (nSPS) is 14.4. The molecule has 31 heavy (non-hydrogen) atoms. The maximum absolute atomic E-state index is 13.1. The van der Waals surface area contributed by atoms with Gasteiger partial charge in [-0.3, -0.25) is 4.79 Å². The summed E-state index contributed by atoms with van der Waals surface area (Å²) in [6.07, 6.45) is 1.71. The summed E-state index contributed by atoms with van der Waals surface area (Å²) in [6, 6.07) is 20.7. The Balaban J connectivity index is 1.40. The molecule has 0 unspecified atom stereocenters. The summed E-state index contributed by atoms with van der Waals surface area (Å²) in [6.45, 7) is 4.23. The maximum atomic E-state index is 13.1. The standard InChI is InChI=1S/C26H24N2O2S/c1-16-12-17(2)14-19(13-16)18-4-9-22-23(15-18)31-25(27-22)28-24(29)26(10-11-26)20-5-7-21(30-3)8-6-20/h4-9,12-15H,10-11H2,1-3H3,(H,27,28,29). The summed E-state index contributed by atoms with van der Waals surface area (Å²) in [4.78, 5) is 17.8. The van der Waals surface area contributed by atoms with Crippen molar-refractivity contribution in [2.24, 2.45) is 0 Å². The minimum atomic E-state index is -0.450. The fraction of sp³-hybridized carbons (Fsp3) is 0.231. The quantitative estimate of drug-likeness (QED) is 0.408. The molecule has 0 spiro atoms. The van der Waals surface area contributed by atoms with Crippen molar-refractivity contribution in [3.63, 3.8) is 0 Å². The number of ether oxygens (including phenoxy) is 1. The molecule has 1 heterocycles. The summed E-state index contributed by atoms with van der Waals surface area (Å²) >= 11 is 1.52. The van der Waals surface area contributed by atoms with Crippen molar-refractivity contribution >= 4 is 32.6 Å². The number of methoxy groups -OCH3 is 1. The van der Waals surface area contributed by atoms with Crippen molar-refractivity contribution in [3.8, 4) is 16.9 Å². The third-order valence-corrected chi connectivity index (χ3v) is 6.92. The van der Waals surface area contributed by atoms with E-state index in [4.69, 9.17) is 4.74 Å². The molecule has 1 saturated carbocycles. The topological polar surface area (TPSA) is 51.2 Å². The smallest absolute Gasteiger partial charge is 0.236 e. The van der Waals surface area contributed by atoms with Crippen molar-refractivity contribution in [3.05, 3.63) is 77.4 Å². The number of amides is 1. The van der Waals surface area contributed by atoms with Crippen LogP contribution in [-0.4, -0.2) is 18.0 Å². The molecule has 0 aliphatic heterocycles. The second kappa shape index (κ2) is 7.50. The zero-order chi connectivity index (χ0) is 21.6. The number of carbonyl (C=O) groups is 1. The van der Waals surface area contributed by atoms with E-state index in [0.29, 0.717) is 5.13 Å². The maximum Gasteiger partial charge on any atom is 0.236 e. The summed E-state index contributed by atoms with van der Waals surface area (Å²) in [5, 5.41) is 3.73. The molecule has 4 nitrogen and oxygen atoms in total. The molecule has 0 radical (unpaired) electrons. The molecule has 0 bridgehead atoms. The average molecular weight is 429 g/mol. The fourth-order valence-corrected chi connectivity index (χ4v) is 5.10. The van der Waals surface area contributed by atoms with Gasteiger partial charge in [0.15, 0.2) is 5.13 Å². The zero-order valence-electron chi connectivity index (χ0n) is 17.9. The molecule has 0 atom stereocenters. The Kier molecular flexibility index (Phi) is 4.78. The highest BCUT2D eigenvalue weighted by Crippen LogP contribution is 2.49. The molecule has 5 heteroatoms. The Morgan fingerprint density at radius 3 is 2.32 bits per heavy atom. The van der Waals surface area contributed by atoms with Crippen LogP contribution in [0.2, 0.25) is 0 Å². The average Bonchev–Trinajstić information content (AvgIpc) is 3.47. The fourth-order valence-electron chi connectivity index (χ4n) is 4.20. The van der Waals surface area contributed by atoms with Gasteiger partial charge in [0.2, 0.25) is 5.91 Å². The van der Waals surface area contributed by atoms with Gasteiger partial charge in [-0.05, 0) is 67.6 Å².